The third-order valence-electron chi connectivity index (χ3n) is 4.07. The maximum absolute atomic E-state index is 14.2. The molecule has 0 atom stereocenters. The summed E-state index contributed by atoms with van der Waals surface area (Å²) >= 11 is 0. The van der Waals surface area contributed by atoms with E-state index in [4.69, 9.17) is 5.73 Å². The lowest BCUT2D eigenvalue weighted by Gasteiger charge is -2.14. The number of halogens is 4. The number of nitrogens with one attached hydrogen (secondary N) is 1. The summed E-state index contributed by atoms with van der Waals surface area (Å²) in [5.74, 6) is -2.28. The van der Waals surface area contributed by atoms with Crippen LogP contribution in [0.25, 0.3) is 16.8 Å². The van der Waals surface area contributed by atoms with Gasteiger partial charge in [0.05, 0.1) is 17.6 Å². The van der Waals surface area contributed by atoms with Gasteiger partial charge in [0, 0.05) is 36.3 Å². The molecule has 0 saturated heterocycles. The summed E-state index contributed by atoms with van der Waals surface area (Å²) in [6.45, 7) is 3.63. The Balaban J connectivity index is 2.05. The van der Waals surface area contributed by atoms with Gasteiger partial charge in [-0.3, -0.25) is 4.79 Å². The summed E-state index contributed by atoms with van der Waals surface area (Å²) in [7, 11) is 1.74. The molecule has 0 aliphatic carbocycles. The second kappa shape index (κ2) is 7.38. The summed E-state index contributed by atoms with van der Waals surface area (Å²) in [6.07, 6.45) is -0.961. The number of alkyl halides is 3. The van der Waals surface area contributed by atoms with E-state index in [0.29, 0.717) is 34.8 Å². The second-order valence-corrected chi connectivity index (χ2v) is 6.20. The molecule has 3 rings (SSSR count). The van der Waals surface area contributed by atoms with Crippen molar-refractivity contribution in [2.24, 2.45) is 12.8 Å². The molecule has 0 fully saturated rings. The van der Waals surface area contributed by atoms with Crippen molar-refractivity contribution < 1.29 is 22.4 Å². The van der Waals surface area contributed by atoms with E-state index in [1.807, 2.05) is 0 Å². The van der Waals surface area contributed by atoms with Crippen molar-refractivity contribution in [2.45, 2.75) is 6.18 Å². The van der Waals surface area contributed by atoms with Crippen LogP contribution in [0.4, 0.5) is 29.1 Å². The Morgan fingerprint density at radius 3 is 2.52 bits per heavy atom. The highest BCUT2D eigenvalue weighted by Gasteiger charge is 2.32. The highest BCUT2D eigenvalue weighted by Crippen LogP contribution is 2.34. The van der Waals surface area contributed by atoms with Crippen molar-refractivity contribution in [3.63, 3.8) is 0 Å². The Morgan fingerprint density at radius 2 is 1.97 bits per heavy atom. The van der Waals surface area contributed by atoms with E-state index in [2.05, 4.69) is 21.9 Å². The first-order valence-electron chi connectivity index (χ1n) is 8.17. The lowest BCUT2D eigenvalue weighted by atomic mass is 10.0. The summed E-state index contributed by atoms with van der Waals surface area (Å²) in [5.41, 5.74) is 5.79. The fourth-order valence-corrected chi connectivity index (χ4v) is 2.56. The number of hydrogen-bond acceptors (Lipinski definition) is 4. The van der Waals surface area contributed by atoms with Gasteiger partial charge in [-0.2, -0.15) is 13.2 Å². The highest BCUT2D eigenvalue weighted by molar-refractivity contribution is 6.18. The van der Waals surface area contributed by atoms with Crippen molar-refractivity contribution in [2.75, 3.05) is 5.32 Å². The number of aryl methyl sites for hydroxylation is 1. The molecule has 0 radical (unpaired) electrons. The number of amides is 1. The molecule has 0 aliphatic heterocycles. The molecule has 1 amide bonds. The minimum atomic E-state index is -4.71. The molecule has 0 unspecified atom stereocenters. The van der Waals surface area contributed by atoms with E-state index in [0.717, 1.165) is 0 Å². The van der Waals surface area contributed by atoms with Crippen LogP contribution < -0.4 is 11.1 Å². The molecule has 2 aromatic heterocycles. The molecular weight excluding hydrogens is 390 g/mol. The van der Waals surface area contributed by atoms with Crippen molar-refractivity contribution in [3.8, 4) is 11.3 Å². The molecule has 0 spiro atoms. The average Bonchev–Trinajstić information content (AvgIpc) is 3.08. The molecule has 0 aliphatic rings. The molecule has 3 N–H and O–H groups in total. The van der Waals surface area contributed by atoms with Crippen LogP contribution in [-0.2, 0) is 18.0 Å². The van der Waals surface area contributed by atoms with Crippen LogP contribution in [0, 0.1) is 5.82 Å². The summed E-state index contributed by atoms with van der Waals surface area (Å²) in [6, 6.07) is 4.95. The number of rotatable bonds is 5. The van der Waals surface area contributed by atoms with Gasteiger partial charge < -0.3 is 15.6 Å². The first-order valence-corrected chi connectivity index (χ1v) is 8.17. The van der Waals surface area contributed by atoms with Gasteiger partial charge in [0.2, 0.25) is 5.91 Å². The number of carbonyl (C=O) groups excluding carboxylic acids is 1. The Labute approximate surface area is 162 Å². The van der Waals surface area contributed by atoms with E-state index < -0.39 is 29.3 Å². The lowest BCUT2D eigenvalue weighted by Crippen LogP contribution is -2.12. The van der Waals surface area contributed by atoms with Crippen LogP contribution in [0.5, 0.6) is 0 Å². The van der Waals surface area contributed by atoms with Crippen molar-refractivity contribution in [3.05, 3.63) is 66.5 Å². The number of carbonyl (C=O) groups is 1. The summed E-state index contributed by atoms with van der Waals surface area (Å²) in [4.78, 5) is 19.2. The van der Waals surface area contributed by atoms with Crippen molar-refractivity contribution >= 4 is 23.0 Å². The minimum absolute atomic E-state index is 0.0626. The zero-order valence-electron chi connectivity index (χ0n) is 15.1. The maximum atomic E-state index is 14.2. The largest absolute Gasteiger partial charge is 0.417 e. The number of nitrogens with two attached hydrogens (primary N) is 1. The predicted molar refractivity (Wildman–Crippen MR) is 99.4 cm³/mol. The van der Waals surface area contributed by atoms with Gasteiger partial charge in [0.1, 0.15) is 0 Å². The zero-order chi connectivity index (χ0) is 21.3. The maximum Gasteiger partial charge on any atom is 0.417 e. The molecule has 3 aromatic rings. The van der Waals surface area contributed by atoms with Crippen LogP contribution in [0.2, 0.25) is 0 Å². The number of pyridine rings is 1. The quantitative estimate of drug-likeness (QED) is 0.498. The third-order valence-corrected chi connectivity index (χ3v) is 4.07. The summed E-state index contributed by atoms with van der Waals surface area (Å²) < 4.78 is 54.0. The molecule has 150 valence electrons. The minimum Gasteiger partial charge on any atom is -0.366 e. The molecule has 10 heteroatoms. The standard InChI is InChI=1S/C19H15F4N5O/c1-10(17(24)29)11-3-4-15(13(5-11)16-8-28(2)9-26-16)27-18-14(20)6-12(7-25-18)19(21,22)23/h3-9H,1H2,2H3,(H2,24,29)(H,25,27). The SMILES string of the molecule is C=C(C(N)=O)c1ccc(Nc2ncc(C(F)(F)F)cc2F)c(-c2cn(C)cn2)c1. The van der Waals surface area contributed by atoms with Crippen LogP contribution in [0.15, 0.2) is 49.6 Å². The topological polar surface area (TPSA) is 85.8 Å². The lowest BCUT2D eigenvalue weighted by molar-refractivity contribution is -0.138. The number of anilines is 2. The normalized spacial score (nSPS) is 11.3. The average molecular weight is 405 g/mol. The van der Waals surface area contributed by atoms with E-state index >= 15 is 0 Å². The fraction of sp³-hybridized carbons (Fsp3) is 0.105. The van der Waals surface area contributed by atoms with Gasteiger partial charge in [-0.25, -0.2) is 14.4 Å². The number of imidazole rings is 1. The monoisotopic (exact) mass is 405 g/mol. The second-order valence-electron chi connectivity index (χ2n) is 6.20. The molecule has 1 aromatic carbocycles. The zero-order valence-corrected chi connectivity index (χ0v) is 15.1. The number of benzene rings is 1. The van der Waals surface area contributed by atoms with Crippen molar-refractivity contribution in [1.82, 2.24) is 14.5 Å². The van der Waals surface area contributed by atoms with E-state index in [9.17, 15) is 22.4 Å². The molecule has 2 heterocycles. The molecular formula is C19H15F4N5O. The Hall–Kier alpha value is -3.69. The Bertz CT molecular complexity index is 1100. The van der Waals surface area contributed by atoms with Crippen LogP contribution in [0.1, 0.15) is 11.1 Å². The van der Waals surface area contributed by atoms with Crippen LogP contribution in [0.3, 0.4) is 0 Å². The predicted octanol–water partition coefficient (Wildman–Crippen LogP) is 3.88. The third kappa shape index (κ3) is 4.26. The fourth-order valence-electron chi connectivity index (χ4n) is 2.56. The van der Waals surface area contributed by atoms with Gasteiger partial charge in [-0.1, -0.05) is 12.6 Å². The Morgan fingerprint density at radius 1 is 1.24 bits per heavy atom. The smallest absolute Gasteiger partial charge is 0.366 e. The van der Waals surface area contributed by atoms with Gasteiger partial charge in [0.15, 0.2) is 11.6 Å². The molecule has 0 bridgehead atoms. The Kier molecular flexibility index (Phi) is 5.10. The highest BCUT2D eigenvalue weighted by atomic mass is 19.4. The van der Waals surface area contributed by atoms with Gasteiger partial charge in [-0.15, -0.1) is 0 Å². The van der Waals surface area contributed by atoms with Gasteiger partial charge in [-0.05, 0) is 23.8 Å². The number of aromatic nitrogens is 3. The van der Waals surface area contributed by atoms with E-state index in [1.165, 1.54) is 18.5 Å². The number of nitrogens with zero attached hydrogens (tertiary/aromatic N) is 3. The first kappa shape index (κ1) is 20.1. The number of hydrogen-bond donors (Lipinski definition) is 2. The van der Waals surface area contributed by atoms with E-state index in [-0.39, 0.29) is 5.57 Å². The first-order chi connectivity index (χ1) is 13.6. The van der Waals surface area contributed by atoms with Crippen LogP contribution in [-0.4, -0.2) is 20.4 Å². The van der Waals surface area contributed by atoms with Gasteiger partial charge >= 0.3 is 6.18 Å². The number of primary amides is 1. The molecule has 6 nitrogen and oxygen atoms in total. The van der Waals surface area contributed by atoms with Crippen LogP contribution >= 0.6 is 0 Å². The molecule has 0 saturated carbocycles. The van der Waals surface area contributed by atoms with Gasteiger partial charge in [0.25, 0.3) is 0 Å². The van der Waals surface area contributed by atoms with Crippen molar-refractivity contribution in [1.29, 1.82) is 0 Å². The summed E-state index contributed by atoms with van der Waals surface area (Å²) in [5, 5.41) is 2.67. The molecule has 29 heavy (non-hydrogen) atoms. The van der Waals surface area contributed by atoms with E-state index in [1.54, 1.807) is 23.9 Å².